The van der Waals surface area contributed by atoms with Crippen LogP contribution in [-0.4, -0.2) is 56.1 Å². The van der Waals surface area contributed by atoms with Gasteiger partial charge in [-0.3, -0.25) is 9.67 Å². The SMILES string of the molecule is CNCC(O)COc1ccc(Cl)c(-c2nc(-c3c(Br)cnn3C)c(C)c(N3Cc4cccnc4C3)n2)c1. The molecule has 0 amide bonds. The molecular weight excluding hydrogens is 558 g/mol. The molecule has 0 saturated carbocycles. The van der Waals surface area contributed by atoms with Crippen LogP contribution >= 0.6 is 27.5 Å². The van der Waals surface area contributed by atoms with E-state index < -0.39 is 6.10 Å². The number of anilines is 1. The molecule has 11 heteroatoms. The van der Waals surface area contributed by atoms with Gasteiger partial charge >= 0.3 is 0 Å². The number of aliphatic hydroxyl groups excluding tert-OH is 1. The molecule has 1 atom stereocenters. The average Bonchev–Trinajstić information content (AvgIpc) is 3.46. The topological polar surface area (TPSA) is 101 Å². The predicted octanol–water partition coefficient (Wildman–Crippen LogP) is 4.14. The highest BCUT2D eigenvalue weighted by Gasteiger charge is 2.27. The van der Waals surface area contributed by atoms with E-state index in [4.69, 9.17) is 26.3 Å². The number of fused-ring (bicyclic) bond motifs is 1. The van der Waals surface area contributed by atoms with Crippen molar-refractivity contribution < 1.29 is 9.84 Å². The molecule has 1 aliphatic rings. The van der Waals surface area contributed by atoms with Crippen molar-refractivity contribution >= 4 is 33.3 Å². The van der Waals surface area contributed by atoms with Gasteiger partial charge in [-0.2, -0.15) is 5.10 Å². The van der Waals surface area contributed by atoms with E-state index in [0.717, 1.165) is 32.9 Å². The Labute approximate surface area is 228 Å². The maximum atomic E-state index is 10.0. The molecule has 1 unspecified atom stereocenters. The van der Waals surface area contributed by atoms with Crippen molar-refractivity contribution in [2.45, 2.75) is 26.1 Å². The van der Waals surface area contributed by atoms with Crippen LogP contribution in [0.2, 0.25) is 5.02 Å². The van der Waals surface area contributed by atoms with Gasteiger partial charge in [0, 0.05) is 37.5 Å². The van der Waals surface area contributed by atoms with Crippen molar-refractivity contribution in [3.8, 4) is 28.5 Å². The Bertz CT molecular complexity index is 1400. The number of nitrogens with zero attached hydrogens (tertiary/aromatic N) is 6. The Morgan fingerprint density at radius 3 is 2.81 bits per heavy atom. The van der Waals surface area contributed by atoms with Crippen molar-refractivity contribution in [2.75, 3.05) is 25.1 Å². The summed E-state index contributed by atoms with van der Waals surface area (Å²) in [4.78, 5) is 16.7. The highest BCUT2D eigenvalue weighted by molar-refractivity contribution is 9.10. The lowest BCUT2D eigenvalue weighted by atomic mass is 10.1. The highest BCUT2D eigenvalue weighted by atomic mass is 79.9. The molecule has 0 aliphatic carbocycles. The van der Waals surface area contributed by atoms with Gasteiger partial charge in [0.1, 0.15) is 30.0 Å². The molecular formula is C26H27BrClN7O2. The number of likely N-dealkylation sites (N-methyl/N-ethyl adjacent to an activating group) is 1. The molecule has 0 spiro atoms. The third-order valence-corrected chi connectivity index (χ3v) is 7.20. The number of hydrogen-bond donors (Lipinski definition) is 2. The summed E-state index contributed by atoms with van der Waals surface area (Å²) >= 11 is 10.3. The normalized spacial score (nSPS) is 13.6. The average molecular weight is 585 g/mol. The molecule has 0 radical (unpaired) electrons. The molecule has 9 nitrogen and oxygen atoms in total. The van der Waals surface area contributed by atoms with Crippen LogP contribution in [-0.2, 0) is 20.1 Å². The number of ether oxygens (including phenoxy) is 1. The molecule has 1 aliphatic heterocycles. The number of rotatable bonds is 8. The monoisotopic (exact) mass is 583 g/mol. The molecule has 0 saturated heterocycles. The number of hydrogen-bond acceptors (Lipinski definition) is 8. The van der Waals surface area contributed by atoms with E-state index in [9.17, 15) is 5.11 Å². The van der Waals surface area contributed by atoms with Crippen LogP contribution in [0, 0.1) is 6.92 Å². The number of aromatic nitrogens is 5. The number of benzene rings is 1. The summed E-state index contributed by atoms with van der Waals surface area (Å²) in [7, 11) is 3.66. The summed E-state index contributed by atoms with van der Waals surface area (Å²) in [5.74, 6) is 1.85. The van der Waals surface area contributed by atoms with Gasteiger partial charge in [0.25, 0.3) is 0 Å². The fourth-order valence-corrected chi connectivity index (χ4v) is 5.18. The minimum absolute atomic E-state index is 0.147. The first-order valence-electron chi connectivity index (χ1n) is 11.8. The Kier molecular flexibility index (Phi) is 7.43. The maximum Gasteiger partial charge on any atom is 0.163 e. The molecule has 4 heterocycles. The third kappa shape index (κ3) is 5.19. The smallest absolute Gasteiger partial charge is 0.163 e. The zero-order valence-electron chi connectivity index (χ0n) is 20.7. The van der Waals surface area contributed by atoms with Gasteiger partial charge in [-0.15, -0.1) is 0 Å². The summed E-state index contributed by atoms with van der Waals surface area (Å²) in [5.41, 5.74) is 5.38. The van der Waals surface area contributed by atoms with Crippen LogP contribution in [0.4, 0.5) is 5.82 Å². The molecule has 5 rings (SSSR count). The number of aliphatic hydroxyl groups is 1. The largest absolute Gasteiger partial charge is 0.491 e. The third-order valence-electron chi connectivity index (χ3n) is 6.29. The van der Waals surface area contributed by atoms with Crippen LogP contribution in [0.5, 0.6) is 5.75 Å². The Morgan fingerprint density at radius 2 is 2.08 bits per heavy atom. The zero-order chi connectivity index (χ0) is 26.1. The Morgan fingerprint density at radius 1 is 1.24 bits per heavy atom. The van der Waals surface area contributed by atoms with E-state index >= 15 is 0 Å². The lowest BCUT2D eigenvalue weighted by molar-refractivity contribution is 0.108. The number of halogens is 2. The molecule has 2 N–H and O–H groups in total. The molecule has 4 aromatic rings. The van der Waals surface area contributed by atoms with E-state index in [-0.39, 0.29) is 6.61 Å². The van der Waals surface area contributed by atoms with Gasteiger partial charge in [-0.25, -0.2) is 9.97 Å². The van der Waals surface area contributed by atoms with Gasteiger partial charge in [-0.1, -0.05) is 17.7 Å². The first-order chi connectivity index (χ1) is 17.9. The van der Waals surface area contributed by atoms with Crippen molar-refractivity contribution in [3.05, 3.63) is 69.0 Å². The first-order valence-corrected chi connectivity index (χ1v) is 13.0. The predicted molar refractivity (Wildman–Crippen MR) is 147 cm³/mol. The van der Waals surface area contributed by atoms with Gasteiger partial charge in [0.15, 0.2) is 5.82 Å². The van der Waals surface area contributed by atoms with Crippen LogP contribution < -0.4 is 15.0 Å². The van der Waals surface area contributed by atoms with Crippen molar-refractivity contribution in [1.29, 1.82) is 0 Å². The van der Waals surface area contributed by atoms with Crippen LogP contribution in [0.25, 0.3) is 22.8 Å². The zero-order valence-corrected chi connectivity index (χ0v) is 23.1. The lowest BCUT2D eigenvalue weighted by Gasteiger charge is -2.22. The van der Waals surface area contributed by atoms with Gasteiger partial charge in [0.2, 0.25) is 0 Å². The van der Waals surface area contributed by atoms with Crippen molar-refractivity contribution in [1.82, 2.24) is 30.0 Å². The molecule has 3 aromatic heterocycles. The lowest BCUT2D eigenvalue weighted by Crippen LogP contribution is -2.29. The van der Waals surface area contributed by atoms with E-state index in [1.165, 1.54) is 5.56 Å². The molecule has 0 bridgehead atoms. The standard InChI is InChI=1S/C26H27BrClN7O2/c1-15-23(24-20(27)11-31-34(24)3)32-25(33-26(15)35-12-16-5-4-8-30-22(16)13-35)19-9-18(6-7-21(19)28)37-14-17(36)10-29-2/h4-9,11,17,29,36H,10,12-14H2,1-3H3. The van der Waals surface area contributed by atoms with Gasteiger partial charge in [-0.05, 0) is 59.7 Å². The summed E-state index contributed by atoms with van der Waals surface area (Å²) in [5, 5.41) is 17.9. The van der Waals surface area contributed by atoms with Crippen LogP contribution in [0.3, 0.4) is 0 Å². The second-order valence-corrected chi connectivity index (χ2v) is 10.2. The molecule has 0 fully saturated rings. The second kappa shape index (κ2) is 10.7. The number of aryl methyl sites for hydroxylation is 1. The molecule has 192 valence electrons. The number of pyridine rings is 1. The van der Waals surface area contributed by atoms with Crippen LogP contribution in [0.1, 0.15) is 16.8 Å². The van der Waals surface area contributed by atoms with Gasteiger partial charge < -0.3 is 20.1 Å². The van der Waals surface area contributed by atoms with Crippen molar-refractivity contribution in [3.63, 3.8) is 0 Å². The Balaban J connectivity index is 1.60. The summed E-state index contributed by atoms with van der Waals surface area (Å²) in [6, 6.07) is 9.39. The highest BCUT2D eigenvalue weighted by Crippen LogP contribution is 2.38. The minimum Gasteiger partial charge on any atom is -0.491 e. The van der Waals surface area contributed by atoms with E-state index in [1.54, 1.807) is 30.1 Å². The Hall–Kier alpha value is -3.05. The van der Waals surface area contributed by atoms with E-state index in [2.05, 4.69) is 42.3 Å². The number of nitrogens with one attached hydrogen (secondary N) is 1. The summed E-state index contributed by atoms with van der Waals surface area (Å²) < 4.78 is 8.45. The quantitative estimate of drug-likeness (QED) is 0.319. The van der Waals surface area contributed by atoms with Crippen molar-refractivity contribution in [2.24, 2.45) is 7.05 Å². The first kappa shape index (κ1) is 25.6. The second-order valence-electron chi connectivity index (χ2n) is 8.94. The maximum absolute atomic E-state index is 10.0. The molecule has 1 aromatic carbocycles. The fourth-order valence-electron chi connectivity index (χ4n) is 4.44. The van der Waals surface area contributed by atoms with E-state index in [0.29, 0.717) is 41.8 Å². The molecule has 37 heavy (non-hydrogen) atoms. The van der Waals surface area contributed by atoms with Gasteiger partial charge in [0.05, 0.1) is 33.6 Å². The summed E-state index contributed by atoms with van der Waals surface area (Å²) in [6.07, 6.45) is 2.94. The summed E-state index contributed by atoms with van der Waals surface area (Å²) in [6.45, 7) is 3.95. The minimum atomic E-state index is -0.634. The fraction of sp³-hybridized carbons (Fsp3) is 0.308. The van der Waals surface area contributed by atoms with E-state index in [1.807, 2.05) is 32.3 Å². The van der Waals surface area contributed by atoms with Crippen LogP contribution in [0.15, 0.2) is 47.2 Å².